The number of ether oxygens (including phenoxy) is 2. The molecule has 24 heavy (non-hydrogen) atoms. The maximum absolute atomic E-state index is 12.7. The fourth-order valence-electron chi connectivity index (χ4n) is 2.52. The quantitative estimate of drug-likeness (QED) is 0.833. The van der Waals surface area contributed by atoms with Crippen LogP contribution in [0, 0.1) is 6.92 Å². The largest absolute Gasteiger partial charge is 0.486 e. The standard InChI is InChI=1S/C17H18ClNO4S/c1-12-7-8-17(14(18)9-12)24(20,21)19(2)10-13-11-22-15-5-3-4-6-16(15)23-13/h3-9,13H,10-11H2,1-2H3/t13-/m0/s1. The summed E-state index contributed by atoms with van der Waals surface area (Å²) in [5.41, 5.74) is 0.905. The summed E-state index contributed by atoms with van der Waals surface area (Å²) in [5.74, 6) is 1.29. The first-order chi connectivity index (χ1) is 11.4. The first-order valence-electron chi connectivity index (χ1n) is 7.49. The molecule has 0 N–H and O–H groups in total. The topological polar surface area (TPSA) is 55.8 Å². The minimum absolute atomic E-state index is 0.0920. The van der Waals surface area contributed by atoms with Crippen molar-refractivity contribution in [2.75, 3.05) is 20.2 Å². The number of para-hydroxylation sites is 2. The molecule has 2 aromatic carbocycles. The number of aryl methyl sites for hydroxylation is 1. The van der Waals surface area contributed by atoms with E-state index in [1.54, 1.807) is 18.2 Å². The zero-order valence-corrected chi connectivity index (χ0v) is 15.0. The van der Waals surface area contributed by atoms with Gasteiger partial charge in [-0.3, -0.25) is 0 Å². The molecule has 128 valence electrons. The summed E-state index contributed by atoms with van der Waals surface area (Å²) in [6.45, 7) is 2.32. The Kier molecular flexibility index (Phi) is 4.71. The number of hydrogen-bond donors (Lipinski definition) is 0. The van der Waals surface area contributed by atoms with Gasteiger partial charge in [-0.05, 0) is 36.8 Å². The van der Waals surface area contributed by atoms with Crippen LogP contribution in [-0.4, -0.2) is 39.0 Å². The Bertz CT molecular complexity index is 853. The fourth-order valence-corrected chi connectivity index (χ4v) is 4.29. The van der Waals surface area contributed by atoms with Crippen LogP contribution in [0.1, 0.15) is 5.56 Å². The van der Waals surface area contributed by atoms with Crippen LogP contribution in [-0.2, 0) is 10.0 Å². The molecule has 7 heteroatoms. The van der Waals surface area contributed by atoms with E-state index < -0.39 is 10.0 Å². The van der Waals surface area contributed by atoms with Crippen molar-refractivity contribution in [2.24, 2.45) is 0 Å². The van der Waals surface area contributed by atoms with Crippen LogP contribution in [0.15, 0.2) is 47.4 Å². The highest BCUT2D eigenvalue weighted by molar-refractivity contribution is 7.89. The van der Waals surface area contributed by atoms with E-state index in [-0.39, 0.29) is 22.6 Å². The van der Waals surface area contributed by atoms with Crippen molar-refractivity contribution in [1.29, 1.82) is 0 Å². The number of nitrogens with zero attached hydrogens (tertiary/aromatic N) is 1. The second kappa shape index (κ2) is 6.63. The van der Waals surface area contributed by atoms with Crippen LogP contribution in [0.25, 0.3) is 0 Å². The van der Waals surface area contributed by atoms with Gasteiger partial charge in [0.15, 0.2) is 11.5 Å². The Morgan fingerprint density at radius 1 is 1.21 bits per heavy atom. The van der Waals surface area contributed by atoms with Gasteiger partial charge < -0.3 is 9.47 Å². The van der Waals surface area contributed by atoms with E-state index in [1.165, 1.54) is 17.4 Å². The Morgan fingerprint density at radius 2 is 1.92 bits per heavy atom. The van der Waals surface area contributed by atoms with Crippen molar-refractivity contribution < 1.29 is 17.9 Å². The summed E-state index contributed by atoms with van der Waals surface area (Å²) in [7, 11) is -2.19. The lowest BCUT2D eigenvalue weighted by Gasteiger charge is -2.29. The molecule has 0 bridgehead atoms. The molecule has 1 atom stereocenters. The number of halogens is 1. The first-order valence-corrected chi connectivity index (χ1v) is 9.30. The molecule has 0 aliphatic carbocycles. The van der Waals surface area contributed by atoms with Gasteiger partial charge in [0.2, 0.25) is 10.0 Å². The Labute approximate surface area is 146 Å². The minimum atomic E-state index is -3.70. The number of fused-ring (bicyclic) bond motifs is 1. The molecular weight excluding hydrogens is 350 g/mol. The van der Waals surface area contributed by atoms with Crippen LogP contribution in [0.3, 0.4) is 0 Å². The molecule has 3 rings (SSSR count). The summed E-state index contributed by atoms with van der Waals surface area (Å²) in [6, 6.07) is 12.2. The van der Waals surface area contributed by atoms with Crippen molar-refractivity contribution in [3.05, 3.63) is 53.1 Å². The normalized spacial score (nSPS) is 17.1. The predicted molar refractivity (Wildman–Crippen MR) is 92.4 cm³/mol. The zero-order valence-electron chi connectivity index (χ0n) is 13.4. The maximum Gasteiger partial charge on any atom is 0.244 e. The molecule has 0 saturated carbocycles. The van der Waals surface area contributed by atoms with Gasteiger partial charge in [0.25, 0.3) is 0 Å². The summed E-state index contributed by atoms with van der Waals surface area (Å²) in [4.78, 5) is 0.0920. The highest BCUT2D eigenvalue weighted by Crippen LogP contribution is 2.31. The van der Waals surface area contributed by atoms with E-state index in [4.69, 9.17) is 21.1 Å². The Hall–Kier alpha value is -1.76. The molecule has 0 spiro atoms. The van der Waals surface area contributed by atoms with Gasteiger partial charge in [-0.1, -0.05) is 29.8 Å². The SMILES string of the molecule is Cc1ccc(S(=O)(=O)N(C)C[C@H]2COc3ccccc3O2)c(Cl)c1. The van der Waals surface area contributed by atoms with Crippen molar-refractivity contribution >= 4 is 21.6 Å². The number of sulfonamides is 1. The summed E-state index contributed by atoms with van der Waals surface area (Å²) >= 11 is 6.11. The predicted octanol–water partition coefficient (Wildman–Crippen LogP) is 3.11. The van der Waals surface area contributed by atoms with Crippen LogP contribution in [0.2, 0.25) is 5.02 Å². The third kappa shape index (κ3) is 3.36. The number of benzene rings is 2. The van der Waals surface area contributed by atoms with Gasteiger partial charge >= 0.3 is 0 Å². The second-order valence-corrected chi connectivity index (χ2v) is 8.14. The van der Waals surface area contributed by atoms with E-state index in [1.807, 2.05) is 25.1 Å². The van der Waals surface area contributed by atoms with Gasteiger partial charge in [-0.25, -0.2) is 8.42 Å². The monoisotopic (exact) mass is 367 g/mol. The average Bonchev–Trinajstić information content (AvgIpc) is 2.54. The smallest absolute Gasteiger partial charge is 0.244 e. The van der Waals surface area contributed by atoms with Crippen molar-refractivity contribution in [1.82, 2.24) is 4.31 Å². The Morgan fingerprint density at radius 3 is 2.62 bits per heavy atom. The van der Waals surface area contributed by atoms with E-state index in [0.29, 0.717) is 18.1 Å². The number of hydrogen-bond acceptors (Lipinski definition) is 4. The van der Waals surface area contributed by atoms with Crippen molar-refractivity contribution in [2.45, 2.75) is 17.9 Å². The molecule has 1 aliphatic heterocycles. The molecule has 2 aromatic rings. The lowest BCUT2D eigenvalue weighted by Crippen LogP contribution is -2.41. The molecule has 0 fully saturated rings. The molecule has 0 saturated heterocycles. The van der Waals surface area contributed by atoms with Crippen LogP contribution >= 0.6 is 11.6 Å². The van der Waals surface area contributed by atoms with E-state index in [9.17, 15) is 8.42 Å². The van der Waals surface area contributed by atoms with Crippen LogP contribution in [0.5, 0.6) is 11.5 Å². The van der Waals surface area contributed by atoms with Gasteiger partial charge in [0, 0.05) is 7.05 Å². The van der Waals surface area contributed by atoms with Gasteiger partial charge in [-0.15, -0.1) is 0 Å². The molecule has 1 heterocycles. The molecule has 0 aromatic heterocycles. The summed E-state index contributed by atoms with van der Waals surface area (Å²) in [6.07, 6.45) is -0.385. The summed E-state index contributed by atoms with van der Waals surface area (Å²) < 4.78 is 38.1. The third-order valence-corrected chi connectivity index (χ3v) is 6.11. The van der Waals surface area contributed by atoms with Gasteiger partial charge in [0.05, 0.1) is 11.6 Å². The minimum Gasteiger partial charge on any atom is -0.486 e. The molecular formula is C17H18ClNO4S. The maximum atomic E-state index is 12.7. The van der Waals surface area contributed by atoms with Crippen LogP contribution < -0.4 is 9.47 Å². The molecule has 0 radical (unpaired) electrons. The highest BCUT2D eigenvalue weighted by Gasteiger charge is 2.29. The summed E-state index contributed by atoms with van der Waals surface area (Å²) in [5, 5.41) is 0.216. The highest BCUT2D eigenvalue weighted by atomic mass is 35.5. The fraction of sp³-hybridized carbons (Fsp3) is 0.294. The van der Waals surface area contributed by atoms with E-state index in [2.05, 4.69) is 0 Å². The first kappa shape index (κ1) is 17.1. The molecule has 1 aliphatic rings. The van der Waals surface area contributed by atoms with Gasteiger partial charge in [-0.2, -0.15) is 4.31 Å². The Balaban J connectivity index is 1.76. The lowest BCUT2D eigenvalue weighted by atomic mass is 10.2. The van der Waals surface area contributed by atoms with Crippen molar-refractivity contribution in [3.63, 3.8) is 0 Å². The molecule has 0 amide bonds. The van der Waals surface area contributed by atoms with E-state index in [0.717, 1.165) is 5.56 Å². The average molecular weight is 368 g/mol. The third-order valence-electron chi connectivity index (χ3n) is 3.80. The number of rotatable bonds is 4. The van der Waals surface area contributed by atoms with Crippen LogP contribution in [0.4, 0.5) is 0 Å². The zero-order chi connectivity index (χ0) is 17.3. The lowest BCUT2D eigenvalue weighted by molar-refractivity contribution is 0.0798. The molecule has 0 unspecified atom stereocenters. The van der Waals surface area contributed by atoms with E-state index >= 15 is 0 Å². The molecule has 5 nitrogen and oxygen atoms in total. The second-order valence-electron chi connectivity index (χ2n) is 5.72. The number of likely N-dealkylation sites (N-methyl/N-ethyl adjacent to an activating group) is 1. The van der Waals surface area contributed by atoms with Crippen molar-refractivity contribution in [3.8, 4) is 11.5 Å². The van der Waals surface area contributed by atoms with Gasteiger partial charge in [0.1, 0.15) is 17.6 Å².